The lowest BCUT2D eigenvalue weighted by molar-refractivity contribution is -0.121. The molecule has 0 spiro atoms. The zero-order valence-electron chi connectivity index (χ0n) is 11.8. The zero-order chi connectivity index (χ0) is 15.5. The molecule has 3 nitrogen and oxygen atoms in total. The Morgan fingerprint density at radius 1 is 1.27 bits per heavy atom. The smallest absolute Gasteiger partial charge is 0.266 e. The number of amides is 1. The summed E-state index contributed by atoms with van der Waals surface area (Å²) in [5, 5.41) is 0.835. The summed E-state index contributed by atoms with van der Waals surface area (Å²) < 4.78 is 6.32. The highest BCUT2D eigenvalue weighted by Crippen LogP contribution is 2.32. The van der Waals surface area contributed by atoms with Gasteiger partial charge in [0.2, 0.25) is 0 Å². The summed E-state index contributed by atoms with van der Waals surface area (Å²) in [6, 6.07) is 14.0. The van der Waals surface area contributed by atoms with Crippen LogP contribution in [0.15, 0.2) is 56.9 Å². The third kappa shape index (κ3) is 3.45. The van der Waals surface area contributed by atoms with Crippen molar-refractivity contribution in [2.75, 3.05) is 7.05 Å². The molecule has 0 saturated carbocycles. The second-order valence-corrected chi connectivity index (χ2v) is 7.33. The second-order valence-electron chi connectivity index (χ2n) is 4.67. The van der Waals surface area contributed by atoms with Crippen molar-refractivity contribution in [3.63, 3.8) is 0 Å². The van der Waals surface area contributed by atoms with Crippen LogP contribution in [0.25, 0.3) is 6.08 Å². The lowest BCUT2D eigenvalue weighted by atomic mass is 10.2. The Balaban J connectivity index is 1.67. The molecule has 1 aliphatic heterocycles. The molecule has 6 heteroatoms. The number of thiocarbonyl (C=S) groups is 1. The number of thioether (sulfide) groups is 2. The number of furan rings is 1. The summed E-state index contributed by atoms with van der Waals surface area (Å²) in [7, 11) is 1.68. The maximum Gasteiger partial charge on any atom is 0.266 e. The highest BCUT2D eigenvalue weighted by Gasteiger charge is 2.28. The van der Waals surface area contributed by atoms with Crippen molar-refractivity contribution in [1.82, 2.24) is 4.90 Å². The van der Waals surface area contributed by atoms with Gasteiger partial charge >= 0.3 is 0 Å². The van der Waals surface area contributed by atoms with Crippen LogP contribution < -0.4 is 0 Å². The summed E-state index contributed by atoms with van der Waals surface area (Å²) in [6.45, 7) is 0. The number of benzene rings is 1. The number of hydrogen-bond acceptors (Lipinski definition) is 5. The highest BCUT2D eigenvalue weighted by molar-refractivity contribution is 8.26. The van der Waals surface area contributed by atoms with E-state index in [0.29, 0.717) is 15.0 Å². The fourth-order valence-corrected chi connectivity index (χ4v) is 3.87. The van der Waals surface area contributed by atoms with Gasteiger partial charge in [-0.2, -0.15) is 0 Å². The van der Waals surface area contributed by atoms with Crippen LogP contribution in [-0.4, -0.2) is 22.2 Å². The van der Waals surface area contributed by atoms with Gasteiger partial charge < -0.3 is 4.42 Å². The molecule has 1 aromatic carbocycles. The number of carbonyl (C=O) groups is 1. The molecule has 3 rings (SSSR count). The highest BCUT2D eigenvalue weighted by atomic mass is 32.2. The molecule has 0 bridgehead atoms. The topological polar surface area (TPSA) is 33.5 Å². The van der Waals surface area contributed by atoms with E-state index in [4.69, 9.17) is 16.6 Å². The van der Waals surface area contributed by atoms with Crippen LogP contribution in [0.2, 0.25) is 0 Å². The van der Waals surface area contributed by atoms with E-state index in [1.54, 1.807) is 24.9 Å². The quantitative estimate of drug-likeness (QED) is 0.465. The number of carbonyl (C=O) groups excluding carboxylic acids is 1. The van der Waals surface area contributed by atoms with Crippen molar-refractivity contribution >= 4 is 52.0 Å². The molecule has 1 aliphatic rings. The van der Waals surface area contributed by atoms with Gasteiger partial charge in [-0.3, -0.25) is 9.69 Å². The van der Waals surface area contributed by atoms with Crippen LogP contribution in [0, 0.1) is 0 Å². The van der Waals surface area contributed by atoms with Crippen LogP contribution in [-0.2, 0) is 10.5 Å². The molecule has 0 radical (unpaired) electrons. The summed E-state index contributed by atoms with van der Waals surface area (Å²) in [5.41, 5.74) is 1.25. The van der Waals surface area contributed by atoms with Crippen LogP contribution in [0.5, 0.6) is 0 Å². The van der Waals surface area contributed by atoms with E-state index in [1.807, 2.05) is 30.3 Å². The minimum absolute atomic E-state index is 0.0788. The van der Waals surface area contributed by atoms with Gasteiger partial charge in [-0.25, -0.2) is 0 Å². The van der Waals surface area contributed by atoms with Crippen molar-refractivity contribution in [1.29, 1.82) is 0 Å². The van der Waals surface area contributed by atoms with Crippen molar-refractivity contribution in [3.05, 3.63) is 58.7 Å². The SMILES string of the molecule is CN1C(=O)/C(=C/c2ccc(SCc3ccccc3)o2)SC1=S. The van der Waals surface area contributed by atoms with E-state index in [1.165, 1.54) is 22.2 Å². The van der Waals surface area contributed by atoms with Crippen molar-refractivity contribution in [2.45, 2.75) is 10.8 Å². The lowest BCUT2D eigenvalue weighted by Crippen LogP contribution is -2.22. The summed E-state index contributed by atoms with van der Waals surface area (Å²) >= 11 is 8.03. The largest absolute Gasteiger partial charge is 0.450 e. The molecular formula is C16H13NO2S3. The standard InChI is InChI=1S/C16H13NO2S3/c1-17-15(18)13(22-16(17)20)9-12-7-8-14(19-12)21-10-11-5-3-2-4-6-11/h2-9H,10H2,1H3/b13-9-. The fourth-order valence-electron chi connectivity index (χ4n) is 1.89. The molecule has 1 amide bonds. The molecule has 0 N–H and O–H groups in total. The van der Waals surface area contributed by atoms with Gasteiger partial charge in [0.15, 0.2) is 5.09 Å². The average Bonchev–Trinajstić information content (AvgIpc) is 3.07. The van der Waals surface area contributed by atoms with E-state index < -0.39 is 0 Å². The molecule has 1 fully saturated rings. The van der Waals surface area contributed by atoms with Crippen molar-refractivity contribution in [2.24, 2.45) is 0 Å². The van der Waals surface area contributed by atoms with E-state index in [9.17, 15) is 4.79 Å². The maximum absolute atomic E-state index is 11.9. The Labute approximate surface area is 142 Å². The first-order chi connectivity index (χ1) is 10.6. The number of rotatable bonds is 4. The van der Waals surface area contributed by atoms with Crippen LogP contribution in [0.3, 0.4) is 0 Å². The molecule has 112 valence electrons. The third-order valence-corrected chi connectivity index (χ3v) is 5.55. The number of nitrogens with zero attached hydrogens (tertiary/aromatic N) is 1. The van der Waals surface area contributed by atoms with Crippen LogP contribution in [0.4, 0.5) is 0 Å². The molecule has 0 unspecified atom stereocenters. The minimum Gasteiger partial charge on any atom is -0.450 e. The van der Waals surface area contributed by atoms with Crippen LogP contribution >= 0.6 is 35.7 Å². The Morgan fingerprint density at radius 2 is 2.05 bits per heavy atom. The third-order valence-electron chi connectivity index (χ3n) is 3.09. The molecule has 2 heterocycles. The Bertz CT molecular complexity index is 737. The predicted octanol–water partition coefficient (Wildman–Crippen LogP) is 4.40. The summed E-state index contributed by atoms with van der Waals surface area (Å²) in [4.78, 5) is 14.0. The first kappa shape index (κ1) is 15.4. The van der Waals surface area contributed by atoms with Gasteiger partial charge in [-0.05, 0) is 17.7 Å². The van der Waals surface area contributed by atoms with E-state index >= 15 is 0 Å². The first-order valence-corrected chi connectivity index (χ1v) is 8.82. The Hall–Kier alpha value is -1.50. The Morgan fingerprint density at radius 3 is 2.73 bits per heavy atom. The predicted molar refractivity (Wildman–Crippen MR) is 95.6 cm³/mol. The van der Waals surface area contributed by atoms with Crippen molar-refractivity contribution in [3.8, 4) is 0 Å². The first-order valence-electron chi connectivity index (χ1n) is 6.61. The maximum atomic E-state index is 11.9. The van der Waals surface area contributed by atoms with Gasteiger partial charge in [0, 0.05) is 18.9 Å². The van der Waals surface area contributed by atoms with E-state index in [-0.39, 0.29) is 5.91 Å². The second kappa shape index (κ2) is 6.73. The number of hydrogen-bond donors (Lipinski definition) is 0. The molecule has 1 aromatic heterocycles. The molecule has 0 atom stereocenters. The average molecular weight is 347 g/mol. The van der Waals surface area contributed by atoms with Gasteiger partial charge in [0.05, 0.1) is 4.91 Å². The van der Waals surface area contributed by atoms with Gasteiger partial charge in [0.1, 0.15) is 10.1 Å². The zero-order valence-corrected chi connectivity index (χ0v) is 14.3. The van der Waals surface area contributed by atoms with E-state index in [0.717, 1.165) is 10.8 Å². The fraction of sp³-hybridized carbons (Fsp3) is 0.125. The Kier molecular flexibility index (Phi) is 4.71. The van der Waals surface area contributed by atoms with Crippen LogP contribution in [0.1, 0.15) is 11.3 Å². The monoisotopic (exact) mass is 347 g/mol. The van der Waals surface area contributed by atoms with Gasteiger partial charge in [-0.1, -0.05) is 66.1 Å². The molecule has 2 aromatic rings. The van der Waals surface area contributed by atoms with Gasteiger partial charge in [-0.15, -0.1) is 0 Å². The molecule has 1 saturated heterocycles. The number of likely N-dealkylation sites (N-methyl/N-ethyl adjacent to an activating group) is 1. The minimum atomic E-state index is -0.0788. The van der Waals surface area contributed by atoms with Gasteiger partial charge in [0.25, 0.3) is 5.91 Å². The van der Waals surface area contributed by atoms with E-state index in [2.05, 4.69) is 12.1 Å². The summed E-state index contributed by atoms with van der Waals surface area (Å²) in [5.74, 6) is 1.44. The molecular weight excluding hydrogens is 334 g/mol. The molecule has 22 heavy (non-hydrogen) atoms. The summed E-state index contributed by atoms with van der Waals surface area (Å²) in [6.07, 6.45) is 1.75. The normalized spacial score (nSPS) is 16.8. The van der Waals surface area contributed by atoms with Crippen molar-refractivity contribution < 1.29 is 9.21 Å². The molecule has 0 aliphatic carbocycles. The lowest BCUT2D eigenvalue weighted by Gasteiger charge is -2.03.